The maximum absolute atomic E-state index is 12.5. The smallest absolute Gasteiger partial charge is 0.416 e. The molecule has 2 rings (SSSR count). The van der Waals surface area contributed by atoms with Gasteiger partial charge in [0.2, 0.25) is 0 Å². The Morgan fingerprint density at radius 3 is 2.19 bits per heavy atom. The van der Waals surface area contributed by atoms with Crippen LogP contribution in [-0.2, 0) is 17.4 Å². The number of carboxylic acid groups (broad SMARTS) is 1. The van der Waals surface area contributed by atoms with Gasteiger partial charge < -0.3 is 10.8 Å². The van der Waals surface area contributed by atoms with Gasteiger partial charge in [-0.1, -0.05) is 25.0 Å². The summed E-state index contributed by atoms with van der Waals surface area (Å²) in [6, 6.07) is 4.64. The highest BCUT2D eigenvalue weighted by atomic mass is 19.4. The van der Waals surface area contributed by atoms with Crippen molar-refractivity contribution in [1.82, 2.24) is 0 Å². The summed E-state index contributed by atoms with van der Waals surface area (Å²) >= 11 is 0. The molecule has 116 valence electrons. The Labute approximate surface area is 121 Å². The SMILES string of the molecule is NCC(Cc1ccc(C(F)(F)F)cc1)(CC1CC1)C(=O)O. The normalized spacial score (nSPS) is 18.3. The number of alkyl halides is 3. The van der Waals surface area contributed by atoms with Crippen molar-refractivity contribution in [2.24, 2.45) is 17.1 Å². The third-order valence-electron chi connectivity index (χ3n) is 4.04. The van der Waals surface area contributed by atoms with Gasteiger partial charge in [0.25, 0.3) is 0 Å². The molecular formula is C15H18F3NO2. The lowest BCUT2D eigenvalue weighted by Crippen LogP contribution is -2.41. The first kappa shape index (κ1) is 15.8. The van der Waals surface area contributed by atoms with Crippen LogP contribution in [0.25, 0.3) is 0 Å². The Hall–Kier alpha value is -1.56. The molecule has 0 amide bonds. The quantitative estimate of drug-likeness (QED) is 0.848. The topological polar surface area (TPSA) is 63.3 Å². The molecule has 1 aromatic carbocycles. The second-order valence-electron chi connectivity index (χ2n) is 5.81. The lowest BCUT2D eigenvalue weighted by Gasteiger charge is -2.28. The number of nitrogens with two attached hydrogens (primary N) is 1. The van der Waals surface area contributed by atoms with E-state index in [4.69, 9.17) is 5.73 Å². The lowest BCUT2D eigenvalue weighted by molar-refractivity contribution is -0.149. The molecule has 0 bridgehead atoms. The van der Waals surface area contributed by atoms with E-state index in [-0.39, 0.29) is 13.0 Å². The van der Waals surface area contributed by atoms with Crippen LogP contribution in [0, 0.1) is 11.3 Å². The van der Waals surface area contributed by atoms with Gasteiger partial charge in [0.1, 0.15) is 0 Å². The number of carboxylic acids is 1. The van der Waals surface area contributed by atoms with Crippen LogP contribution in [0.1, 0.15) is 30.4 Å². The molecule has 1 aliphatic rings. The third kappa shape index (κ3) is 3.75. The van der Waals surface area contributed by atoms with E-state index in [1.165, 1.54) is 12.1 Å². The number of benzene rings is 1. The molecule has 3 nitrogen and oxygen atoms in total. The minimum atomic E-state index is -4.38. The summed E-state index contributed by atoms with van der Waals surface area (Å²) in [6.07, 6.45) is -1.73. The average Bonchev–Trinajstić information content (AvgIpc) is 3.21. The highest BCUT2D eigenvalue weighted by Gasteiger charge is 2.42. The molecule has 0 aromatic heterocycles. The predicted molar refractivity (Wildman–Crippen MR) is 71.6 cm³/mol. The first-order valence-electron chi connectivity index (χ1n) is 6.86. The summed E-state index contributed by atoms with van der Waals surface area (Å²) < 4.78 is 37.6. The molecule has 0 radical (unpaired) electrons. The Bertz CT molecular complexity index is 509. The van der Waals surface area contributed by atoms with Crippen LogP contribution in [0.4, 0.5) is 13.2 Å². The highest BCUT2D eigenvalue weighted by Crippen LogP contribution is 2.42. The molecule has 0 aliphatic heterocycles. The van der Waals surface area contributed by atoms with Crippen molar-refractivity contribution in [1.29, 1.82) is 0 Å². The molecule has 0 heterocycles. The minimum absolute atomic E-state index is 0.0140. The number of aliphatic carboxylic acids is 1. The Kier molecular flexibility index (Phi) is 4.27. The van der Waals surface area contributed by atoms with Gasteiger partial charge in [-0.3, -0.25) is 4.79 Å². The average molecular weight is 301 g/mol. The van der Waals surface area contributed by atoms with E-state index >= 15 is 0 Å². The fourth-order valence-electron chi connectivity index (χ4n) is 2.55. The fourth-order valence-corrected chi connectivity index (χ4v) is 2.55. The molecule has 6 heteroatoms. The van der Waals surface area contributed by atoms with Crippen molar-refractivity contribution >= 4 is 5.97 Å². The number of carbonyl (C=O) groups is 1. The molecule has 0 spiro atoms. The fraction of sp³-hybridized carbons (Fsp3) is 0.533. The zero-order valence-corrected chi connectivity index (χ0v) is 11.5. The van der Waals surface area contributed by atoms with Gasteiger partial charge in [-0.05, 0) is 36.5 Å². The van der Waals surface area contributed by atoms with Crippen LogP contribution >= 0.6 is 0 Å². The van der Waals surface area contributed by atoms with E-state index in [0.717, 1.165) is 25.0 Å². The zero-order chi connectivity index (χ0) is 15.7. The Morgan fingerprint density at radius 2 is 1.81 bits per heavy atom. The second-order valence-corrected chi connectivity index (χ2v) is 5.81. The summed E-state index contributed by atoms with van der Waals surface area (Å²) in [5.41, 5.74) is 4.42. The largest absolute Gasteiger partial charge is 0.481 e. The molecule has 1 aliphatic carbocycles. The molecule has 1 saturated carbocycles. The van der Waals surface area contributed by atoms with Gasteiger partial charge in [-0.25, -0.2) is 0 Å². The molecular weight excluding hydrogens is 283 g/mol. The molecule has 0 saturated heterocycles. The second kappa shape index (κ2) is 5.67. The number of hydrogen-bond donors (Lipinski definition) is 2. The number of rotatable bonds is 6. The van der Waals surface area contributed by atoms with Crippen LogP contribution < -0.4 is 5.73 Å². The summed E-state index contributed by atoms with van der Waals surface area (Å²) in [5.74, 6) is -0.601. The van der Waals surface area contributed by atoms with Crippen LogP contribution in [0.15, 0.2) is 24.3 Å². The molecule has 1 fully saturated rings. The van der Waals surface area contributed by atoms with Crippen LogP contribution in [0.5, 0.6) is 0 Å². The van der Waals surface area contributed by atoms with E-state index in [2.05, 4.69) is 0 Å². The summed E-state index contributed by atoms with van der Waals surface area (Å²) in [5, 5.41) is 9.49. The van der Waals surface area contributed by atoms with Crippen molar-refractivity contribution in [3.63, 3.8) is 0 Å². The van der Waals surface area contributed by atoms with Crippen molar-refractivity contribution in [3.8, 4) is 0 Å². The van der Waals surface area contributed by atoms with Crippen molar-refractivity contribution in [2.75, 3.05) is 6.54 Å². The van der Waals surface area contributed by atoms with E-state index in [9.17, 15) is 23.1 Å². The summed E-state index contributed by atoms with van der Waals surface area (Å²) in [6.45, 7) is -0.0140. The van der Waals surface area contributed by atoms with Crippen LogP contribution in [-0.4, -0.2) is 17.6 Å². The van der Waals surface area contributed by atoms with Gasteiger partial charge in [0, 0.05) is 6.54 Å². The van der Waals surface area contributed by atoms with Gasteiger partial charge in [-0.15, -0.1) is 0 Å². The van der Waals surface area contributed by atoms with Crippen molar-refractivity contribution < 1.29 is 23.1 Å². The van der Waals surface area contributed by atoms with Gasteiger partial charge in [0.05, 0.1) is 11.0 Å². The Morgan fingerprint density at radius 1 is 1.24 bits per heavy atom. The maximum atomic E-state index is 12.5. The first-order valence-corrected chi connectivity index (χ1v) is 6.86. The van der Waals surface area contributed by atoms with Crippen molar-refractivity contribution in [2.45, 2.75) is 31.9 Å². The van der Waals surface area contributed by atoms with E-state index in [1.54, 1.807) is 0 Å². The maximum Gasteiger partial charge on any atom is 0.416 e. The molecule has 1 atom stereocenters. The van der Waals surface area contributed by atoms with Crippen LogP contribution in [0.3, 0.4) is 0 Å². The van der Waals surface area contributed by atoms with Crippen LogP contribution in [0.2, 0.25) is 0 Å². The summed E-state index contributed by atoms with van der Waals surface area (Å²) in [7, 11) is 0. The van der Waals surface area contributed by atoms with Gasteiger partial charge in [0.15, 0.2) is 0 Å². The van der Waals surface area contributed by atoms with E-state index in [1.807, 2.05) is 0 Å². The lowest BCUT2D eigenvalue weighted by atomic mass is 9.77. The number of halogens is 3. The molecule has 21 heavy (non-hydrogen) atoms. The summed E-state index contributed by atoms with van der Waals surface area (Å²) in [4.78, 5) is 11.6. The Balaban J connectivity index is 2.18. The minimum Gasteiger partial charge on any atom is -0.481 e. The zero-order valence-electron chi connectivity index (χ0n) is 11.5. The number of hydrogen-bond acceptors (Lipinski definition) is 2. The van der Waals surface area contributed by atoms with E-state index < -0.39 is 23.1 Å². The van der Waals surface area contributed by atoms with E-state index in [0.29, 0.717) is 17.9 Å². The predicted octanol–water partition coefficient (Wildman–Crippen LogP) is 3.08. The monoisotopic (exact) mass is 301 g/mol. The highest BCUT2D eigenvalue weighted by molar-refractivity contribution is 5.75. The van der Waals surface area contributed by atoms with Crippen molar-refractivity contribution in [3.05, 3.63) is 35.4 Å². The van der Waals surface area contributed by atoms with Gasteiger partial charge >= 0.3 is 12.1 Å². The van der Waals surface area contributed by atoms with Gasteiger partial charge in [-0.2, -0.15) is 13.2 Å². The third-order valence-corrected chi connectivity index (χ3v) is 4.04. The first-order chi connectivity index (χ1) is 9.77. The molecule has 3 N–H and O–H groups in total. The molecule has 1 unspecified atom stereocenters. The standard InChI is InChI=1S/C15H18F3NO2/c16-15(17,18)12-5-3-11(4-6-12)8-14(9-19,13(20)21)7-10-1-2-10/h3-6,10H,1-2,7-9,19H2,(H,20,21). The molecule has 1 aromatic rings.